The minimum absolute atomic E-state index is 0.106. The molecular weight excluding hydrogens is 632 g/mol. The summed E-state index contributed by atoms with van der Waals surface area (Å²) < 4.78 is 13.6. The van der Waals surface area contributed by atoms with Crippen molar-refractivity contribution in [3.05, 3.63) is 95.2 Å². The lowest BCUT2D eigenvalue weighted by molar-refractivity contribution is 0.170. The van der Waals surface area contributed by atoms with Gasteiger partial charge >= 0.3 is 6.03 Å². The van der Waals surface area contributed by atoms with Crippen molar-refractivity contribution in [2.45, 2.75) is 78.0 Å². The molecule has 1 saturated heterocycles. The number of amides is 2. The molecular formula is C38H50N8O4. The van der Waals surface area contributed by atoms with E-state index in [1.165, 1.54) is 0 Å². The zero-order chi connectivity index (χ0) is 35.8. The third-order valence-corrected chi connectivity index (χ3v) is 9.07. The Balaban J connectivity index is 1.32. The number of piperidine rings is 1. The molecule has 0 radical (unpaired) electrons. The van der Waals surface area contributed by atoms with Crippen LogP contribution in [0.3, 0.4) is 0 Å². The Morgan fingerprint density at radius 3 is 2.58 bits per heavy atom. The van der Waals surface area contributed by atoms with Crippen molar-refractivity contribution < 1.29 is 19.4 Å². The number of hydrogen-bond acceptors (Lipinski definition) is 8. The lowest BCUT2D eigenvalue weighted by atomic mass is 9.85. The van der Waals surface area contributed by atoms with Crippen LogP contribution in [0.25, 0.3) is 0 Å². The van der Waals surface area contributed by atoms with Gasteiger partial charge < -0.3 is 30.5 Å². The van der Waals surface area contributed by atoms with E-state index < -0.39 is 6.03 Å². The summed E-state index contributed by atoms with van der Waals surface area (Å²) in [5.74, 6) is 1.69. The van der Waals surface area contributed by atoms with Gasteiger partial charge in [-0.15, -0.1) is 0 Å². The highest BCUT2D eigenvalue weighted by Crippen LogP contribution is 2.38. The van der Waals surface area contributed by atoms with E-state index in [0.29, 0.717) is 35.7 Å². The van der Waals surface area contributed by atoms with Crippen LogP contribution >= 0.6 is 0 Å². The number of ether oxygens (including phenoxy) is 2. The zero-order valence-electron chi connectivity index (χ0n) is 29.4. The molecule has 3 aromatic rings. The van der Waals surface area contributed by atoms with Crippen LogP contribution in [0.15, 0.2) is 83.6 Å². The second-order valence-corrected chi connectivity index (χ2v) is 13.9. The molecule has 1 fully saturated rings. The predicted molar refractivity (Wildman–Crippen MR) is 195 cm³/mol. The fourth-order valence-corrected chi connectivity index (χ4v) is 6.18. The number of pyridine rings is 1. The monoisotopic (exact) mass is 682 g/mol. The van der Waals surface area contributed by atoms with E-state index in [1.54, 1.807) is 53.2 Å². The number of nitrogens with two attached hydrogens (primary N) is 1. The first-order valence-corrected chi connectivity index (χ1v) is 17.3. The molecule has 1 aliphatic heterocycles. The number of hydrogen-bond donors (Lipinski definition) is 6. The summed E-state index contributed by atoms with van der Waals surface area (Å²) in [5, 5.41) is 32.5. The third-order valence-electron chi connectivity index (χ3n) is 9.07. The van der Waals surface area contributed by atoms with Crippen molar-refractivity contribution in [2.75, 3.05) is 19.8 Å². The molecule has 12 heteroatoms. The highest BCUT2D eigenvalue weighted by molar-refractivity contribution is 6.05. The largest absolute Gasteiger partial charge is 0.491 e. The summed E-state index contributed by atoms with van der Waals surface area (Å²) in [6.07, 6.45) is 7.62. The molecule has 50 heavy (non-hydrogen) atoms. The number of likely N-dealkylation sites (tertiary alicyclic amines) is 1. The molecule has 2 amide bonds. The molecule has 7 N–H and O–H groups in total. The minimum Gasteiger partial charge on any atom is -0.491 e. The average Bonchev–Trinajstić information content (AvgIpc) is 3.09. The molecule has 2 aliphatic rings. The average molecular weight is 683 g/mol. The maximum absolute atomic E-state index is 13.5. The number of nitrogens with zero attached hydrogens (tertiary/aromatic N) is 3. The Morgan fingerprint density at radius 1 is 1.06 bits per heavy atom. The van der Waals surface area contributed by atoms with Gasteiger partial charge in [0.1, 0.15) is 35.5 Å². The highest BCUT2D eigenvalue weighted by Gasteiger charge is 2.30. The van der Waals surface area contributed by atoms with Gasteiger partial charge in [-0.25, -0.2) is 9.79 Å². The van der Waals surface area contributed by atoms with Crippen molar-refractivity contribution in [1.82, 2.24) is 20.1 Å². The molecule has 5 rings (SSSR count). The molecule has 0 unspecified atom stereocenters. The van der Waals surface area contributed by atoms with Crippen LogP contribution in [0.5, 0.6) is 11.5 Å². The van der Waals surface area contributed by atoms with Gasteiger partial charge in [-0.1, -0.05) is 51.1 Å². The van der Waals surface area contributed by atoms with Crippen LogP contribution in [0, 0.1) is 16.2 Å². The van der Waals surface area contributed by atoms with E-state index in [9.17, 15) is 4.79 Å². The van der Waals surface area contributed by atoms with E-state index in [2.05, 4.69) is 27.4 Å². The predicted octanol–water partition coefficient (Wildman–Crippen LogP) is 5.87. The first kappa shape index (κ1) is 36.2. The highest BCUT2D eigenvalue weighted by atomic mass is 16.5. The standard InChI is InChI=1S/C38H50N8O4/c1-25-10-7-8-19-45(25)36(41)46-24-28(15-18-34(46)40)50-32-17-16-31(29-13-5-6-14-30(29)32)43-37(48)44-35(23-33(39)38(2,3)4)42-26-11-9-12-27(22-26)49-21-20-47/h5-6,9,11-15,18,22-25,31-32,40-41,47H,7-8,10,16-17,19-21,39H2,1-4H3,(H2,42,43,44,48)/b33-23-,40-34?,41-36?/t25-,31-,32+/m0/s1. The summed E-state index contributed by atoms with van der Waals surface area (Å²) in [6, 6.07) is 18.0. The van der Waals surface area contributed by atoms with Gasteiger partial charge in [-0.05, 0) is 74.4 Å². The van der Waals surface area contributed by atoms with Crippen molar-refractivity contribution in [2.24, 2.45) is 16.1 Å². The number of carbonyl (C=O) groups excluding carboxylic acids is 1. The van der Waals surface area contributed by atoms with E-state index in [-0.39, 0.29) is 54.1 Å². The van der Waals surface area contributed by atoms with Crippen molar-refractivity contribution in [3.63, 3.8) is 0 Å². The van der Waals surface area contributed by atoms with Gasteiger partial charge in [0.15, 0.2) is 0 Å². The van der Waals surface area contributed by atoms with E-state index >= 15 is 0 Å². The van der Waals surface area contributed by atoms with Gasteiger partial charge in [-0.3, -0.25) is 20.7 Å². The van der Waals surface area contributed by atoms with Crippen LogP contribution in [-0.4, -0.2) is 58.2 Å². The molecule has 2 aromatic carbocycles. The molecule has 0 spiro atoms. The van der Waals surface area contributed by atoms with Crippen LogP contribution in [0.1, 0.15) is 83.1 Å². The normalized spacial score (nSPS) is 19.7. The molecule has 1 aliphatic carbocycles. The van der Waals surface area contributed by atoms with Crippen LogP contribution in [-0.2, 0) is 0 Å². The van der Waals surface area contributed by atoms with Gasteiger partial charge in [0, 0.05) is 35.8 Å². The number of benzene rings is 2. The van der Waals surface area contributed by atoms with E-state index in [0.717, 1.165) is 36.9 Å². The molecule has 266 valence electrons. The number of urea groups is 1. The Bertz CT molecular complexity index is 1790. The smallest absolute Gasteiger partial charge is 0.320 e. The number of carbonyl (C=O) groups is 1. The number of rotatable bonds is 8. The van der Waals surface area contributed by atoms with E-state index in [4.69, 9.17) is 31.1 Å². The fourth-order valence-electron chi connectivity index (χ4n) is 6.18. The van der Waals surface area contributed by atoms with Gasteiger partial charge in [0.05, 0.1) is 24.5 Å². The van der Waals surface area contributed by atoms with E-state index in [1.807, 2.05) is 45.0 Å². The molecule has 0 saturated carbocycles. The first-order valence-electron chi connectivity index (χ1n) is 17.3. The van der Waals surface area contributed by atoms with Gasteiger partial charge in [-0.2, -0.15) is 0 Å². The molecule has 2 heterocycles. The van der Waals surface area contributed by atoms with Crippen LogP contribution < -0.4 is 31.3 Å². The molecule has 3 atom stereocenters. The number of aliphatic hydroxyl groups is 1. The fraction of sp³-hybridized carbons (Fsp3) is 0.421. The Hall–Kier alpha value is -5.10. The van der Waals surface area contributed by atoms with Crippen molar-refractivity contribution >= 4 is 23.5 Å². The van der Waals surface area contributed by atoms with Crippen molar-refractivity contribution in [3.8, 4) is 11.5 Å². The Morgan fingerprint density at radius 2 is 1.84 bits per heavy atom. The number of nitrogens with one attached hydrogen (secondary N) is 4. The number of allylic oxidation sites excluding steroid dienone is 1. The van der Waals surface area contributed by atoms with Crippen molar-refractivity contribution in [1.29, 1.82) is 10.8 Å². The number of aliphatic imine (C=N–C) groups is 1. The molecule has 12 nitrogen and oxygen atoms in total. The summed E-state index contributed by atoms with van der Waals surface area (Å²) in [4.78, 5) is 20.2. The quantitative estimate of drug-likeness (QED) is 0.128. The lowest BCUT2D eigenvalue weighted by Crippen LogP contribution is -2.47. The number of fused-ring (bicyclic) bond motifs is 1. The molecule has 0 bridgehead atoms. The van der Waals surface area contributed by atoms with Gasteiger partial charge in [0.25, 0.3) is 0 Å². The summed E-state index contributed by atoms with van der Waals surface area (Å²) >= 11 is 0. The Kier molecular flexibility index (Phi) is 11.6. The number of amidine groups is 1. The second kappa shape index (κ2) is 16.1. The summed E-state index contributed by atoms with van der Waals surface area (Å²) in [6.45, 7) is 8.93. The minimum atomic E-state index is -0.425. The number of aromatic nitrogens is 1. The third kappa shape index (κ3) is 9.12. The molecule has 1 aromatic heterocycles. The zero-order valence-corrected chi connectivity index (χ0v) is 29.4. The maximum Gasteiger partial charge on any atom is 0.320 e. The Labute approximate surface area is 294 Å². The summed E-state index contributed by atoms with van der Waals surface area (Å²) in [5.41, 5.74) is 9.29. The van der Waals surface area contributed by atoms with Crippen LogP contribution in [0.2, 0.25) is 0 Å². The topological polar surface area (TPSA) is 174 Å². The number of aliphatic hydroxyl groups excluding tert-OH is 1. The van der Waals surface area contributed by atoms with Gasteiger partial charge in [0.2, 0.25) is 5.96 Å². The van der Waals surface area contributed by atoms with Crippen LogP contribution in [0.4, 0.5) is 10.5 Å². The SMILES string of the molecule is C[C@H]1CCCCN1C(=N)n1cc(O[C@@H]2CC[C@H](NC(=O)NC(/C=C(\N)C(C)(C)C)=Nc3cccc(OCCO)c3)c3ccccc32)ccc1=N. The summed E-state index contributed by atoms with van der Waals surface area (Å²) in [7, 11) is 0. The first-order chi connectivity index (χ1) is 23.9. The second-order valence-electron chi connectivity index (χ2n) is 13.9. The maximum atomic E-state index is 13.5. The lowest BCUT2D eigenvalue weighted by Gasteiger charge is -2.36.